The van der Waals surface area contributed by atoms with E-state index in [9.17, 15) is 0 Å². The van der Waals surface area contributed by atoms with Crippen molar-refractivity contribution in [2.75, 3.05) is 9.80 Å². The molecule has 0 spiro atoms. The molecule has 12 rings (SSSR count). The van der Waals surface area contributed by atoms with E-state index in [1.54, 1.807) is 0 Å². The van der Waals surface area contributed by atoms with Crippen molar-refractivity contribution in [3.63, 3.8) is 0 Å². The highest BCUT2D eigenvalue weighted by Gasteiger charge is 2.28. The molecule has 63 heavy (non-hydrogen) atoms. The van der Waals surface area contributed by atoms with Crippen LogP contribution >= 0.6 is 0 Å². The summed E-state index contributed by atoms with van der Waals surface area (Å²) in [5.74, 6) is 1.66. The summed E-state index contributed by atoms with van der Waals surface area (Å²) >= 11 is 0. The standard InChI is InChI=1S/C60H40N2O/c1-3-19-45(20-4-1)61(46-21-5-2-6-22-46)56-39-40-58-59-53(27-13-29-55(56)59)54-28-14-30-57(60(54)63-58)62(47-35-31-43(32-36-47)51-25-11-17-41-15-7-9-23-49(41)51)48-37-33-44(34-38-48)52-26-12-18-42-16-8-10-24-50(42)52/h1-40H. The van der Waals surface area contributed by atoms with E-state index in [0.29, 0.717) is 0 Å². The van der Waals surface area contributed by atoms with Crippen molar-refractivity contribution in [2.45, 2.75) is 0 Å². The largest absolute Gasteiger partial charge is 0.454 e. The molecule has 0 aliphatic carbocycles. The fourth-order valence-electron chi connectivity index (χ4n) is 9.54. The van der Waals surface area contributed by atoms with E-state index in [-0.39, 0.29) is 0 Å². The minimum absolute atomic E-state index is 0.824. The van der Waals surface area contributed by atoms with Crippen molar-refractivity contribution in [1.29, 1.82) is 0 Å². The topological polar surface area (TPSA) is 15.7 Å². The van der Waals surface area contributed by atoms with E-state index in [1.165, 1.54) is 43.8 Å². The normalized spacial score (nSPS) is 11.6. The van der Waals surface area contributed by atoms with Gasteiger partial charge in [-0.3, -0.25) is 0 Å². The van der Waals surface area contributed by atoms with Gasteiger partial charge in [-0.15, -0.1) is 0 Å². The van der Waals surface area contributed by atoms with Gasteiger partial charge < -0.3 is 14.5 Å². The number of hydrogen-bond acceptors (Lipinski definition) is 3. The van der Waals surface area contributed by atoms with Crippen LogP contribution in [-0.4, -0.2) is 0 Å². The Bertz CT molecular complexity index is 3300. The lowest BCUT2D eigenvalue weighted by atomic mass is 9.92. The van der Waals surface area contributed by atoms with Gasteiger partial charge in [-0.1, -0.05) is 176 Å². The number of benzene rings is 11. The predicted octanol–water partition coefficient (Wildman–Crippen LogP) is 17.2. The molecule has 11 aromatic rings. The molecule has 0 radical (unpaired) electrons. The van der Waals surface area contributed by atoms with E-state index < -0.39 is 0 Å². The second-order valence-corrected chi connectivity index (χ2v) is 16.1. The molecule has 1 heterocycles. The van der Waals surface area contributed by atoms with Gasteiger partial charge in [0, 0.05) is 39.1 Å². The van der Waals surface area contributed by atoms with E-state index in [0.717, 1.165) is 67.5 Å². The molecule has 0 N–H and O–H groups in total. The average molecular weight is 805 g/mol. The van der Waals surface area contributed by atoms with Crippen LogP contribution in [0.4, 0.5) is 34.1 Å². The third-order valence-corrected chi connectivity index (χ3v) is 12.4. The van der Waals surface area contributed by atoms with Gasteiger partial charge in [0.15, 0.2) is 5.75 Å². The maximum atomic E-state index is 7.17. The summed E-state index contributed by atoms with van der Waals surface area (Å²) < 4.78 is 7.17. The number of fused-ring (bicyclic) bond motifs is 4. The van der Waals surface area contributed by atoms with Crippen molar-refractivity contribution in [1.82, 2.24) is 0 Å². The highest BCUT2D eigenvalue weighted by atomic mass is 16.5. The van der Waals surface area contributed by atoms with Crippen LogP contribution in [0, 0.1) is 0 Å². The molecule has 0 atom stereocenters. The second kappa shape index (κ2) is 15.3. The van der Waals surface area contributed by atoms with Gasteiger partial charge >= 0.3 is 0 Å². The van der Waals surface area contributed by atoms with Crippen LogP contribution < -0.4 is 14.5 Å². The molecule has 0 amide bonds. The minimum Gasteiger partial charge on any atom is -0.454 e. The summed E-state index contributed by atoms with van der Waals surface area (Å²) in [6.45, 7) is 0. The smallest absolute Gasteiger partial charge is 0.159 e. The molecule has 1 aliphatic rings. The molecular formula is C60H40N2O. The van der Waals surface area contributed by atoms with Crippen LogP contribution in [0.3, 0.4) is 0 Å². The van der Waals surface area contributed by atoms with Crippen molar-refractivity contribution < 1.29 is 4.74 Å². The van der Waals surface area contributed by atoms with E-state index in [2.05, 4.69) is 252 Å². The Morgan fingerprint density at radius 1 is 0.270 bits per heavy atom. The zero-order chi connectivity index (χ0) is 41.7. The minimum atomic E-state index is 0.824. The molecule has 11 aromatic carbocycles. The Hall–Kier alpha value is -8.40. The predicted molar refractivity (Wildman–Crippen MR) is 265 cm³/mol. The molecular weight excluding hydrogens is 765 g/mol. The molecule has 0 saturated heterocycles. The number of rotatable bonds is 8. The quantitative estimate of drug-likeness (QED) is 0.152. The maximum absolute atomic E-state index is 7.17. The summed E-state index contributed by atoms with van der Waals surface area (Å²) in [6.07, 6.45) is 0. The Kier molecular flexibility index (Phi) is 8.83. The first-order valence-electron chi connectivity index (χ1n) is 21.5. The van der Waals surface area contributed by atoms with Crippen molar-refractivity contribution >= 4 is 66.4 Å². The Balaban J connectivity index is 1.01. The maximum Gasteiger partial charge on any atom is 0.159 e. The first kappa shape index (κ1) is 36.5. The van der Waals surface area contributed by atoms with Gasteiger partial charge in [0.2, 0.25) is 0 Å². The molecule has 296 valence electrons. The van der Waals surface area contributed by atoms with Gasteiger partial charge in [-0.2, -0.15) is 0 Å². The second-order valence-electron chi connectivity index (χ2n) is 16.1. The summed E-state index contributed by atoms with van der Waals surface area (Å²) in [6, 6.07) is 86.9. The van der Waals surface area contributed by atoms with Crippen LogP contribution in [-0.2, 0) is 0 Å². The average Bonchev–Trinajstić information content (AvgIpc) is 3.36. The number of nitrogens with zero attached hydrogens (tertiary/aromatic N) is 2. The molecule has 0 bridgehead atoms. The third kappa shape index (κ3) is 6.29. The van der Waals surface area contributed by atoms with E-state index in [4.69, 9.17) is 4.74 Å². The first-order chi connectivity index (χ1) is 31.3. The Labute approximate surface area is 367 Å². The van der Waals surface area contributed by atoms with Crippen molar-refractivity contribution in [3.8, 4) is 44.9 Å². The van der Waals surface area contributed by atoms with Gasteiger partial charge in [0.25, 0.3) is 0 Å². The first-order valence-corrected chi connectivity index (χ1v) is 21.5. The fourth-order valence-corrected chi connectivity index (χ4v) is 9.54. The number of para-hydroxylation sites is 3. The van der Waals surface area contributed by atoms with Gasteiger partial charge in [-0.25, -0.2) is 0 Å². The molecule has 1 aliphatic heterocycles. The van der Waals surface area contributed by atoms with Crippen LogP contribution in [0.2, 0.25) is 0 Å². The zero-order valence-corrected chi connectivity index (χ0v) is 34.4. The van der Waals surface area contributed by atoms with Gasteiger partial charge in [-0.05, 0) is 116 Å². The van der Waals surface area contributed by atoms with Crippen molar-refractivity contribution in [2.24, 2.45) is 0 Å². The van der Waals surface area contributed by atoms with Crippen molar-refractivity contribution in [3.05, 3.63) is 243 Å². The molecule has 3 heteroatoms. The molecule has 0 unspecified atom stereocenters. The number of ether oxygens (including phenoxy) is 1. The highest BCUT2D eigenvalue weighted by molar-refractivity contribution is 6.12. The van der Waals surface area contributed by atoms with Gasteiger partial charge in [0.05, 0.1) is 11.4 Å². The van der Waals surface area contributed by atoms with E-state index >= 15 is 0 Å². The fraction of sp³-hybridized carbons (Fsp3) is 0. The Morgan fingerprint density at radius 3 is 1.29 bits per heavy atom. The summed E-state index contributed by atoms with van der Waals surface area (Å²) in [4.78, 5) is 4.67. The van der Waals surface area contributed by atoms with Crippen LogP contribution in [0.25, 0.3) is 65.7 Å². The lowest BCUT2D eigenvalue weighted by Gasteiger charge is -2.32. The monoisotopic (exact) mass is 804 g/mol. The lowest BCUT2D eigenvalue weighted by molar-refractivity contribution is 0.488. The SMILES string of the molecule is c1ccc(N(c2ccccc2)c2ccc3c4c(cccc24)-c2cccc(N(c4ccc(-c5cccc6ccccc56)cc4)c4ccc(-c5cccc6ccccc56)cc4)c2O3)cc1. The number of anilines is 6. The molecule has 0 aromatic heterocycles. The Morgan fingerprint density at radius 2 is 0.698 bits per heavy atom. The lowest BCUT2D eigenvalue weighted by Crippen LogP contribution is -2.13. The molecule has 0 saturated carbocycles. The zero-order valence-electron chi connectivity index (χ0n) is 34.4. The summed E-state index contributed by atoms with van der Waals surface area (Å²) in [5, 5.41) is 7.17. The van der Waals surface area contributed by atoms with Gasteiger partial charge in [0.1, 0.15) is 5.75 Å². The molecule has 0 fully saturated rings. The molecule has 3 nitrogen and oxygen atoms in total. The summed E-state index contributed by atoms with van der Waals surface area (Å²) in [7, 11) is 0. The van der Waals surface area contributed by atoms with Crippen LogP contribution in [0.5, 0.6) is 11.5 Å². The highest BCUT2D eigenvalue weighted by Crippen LogP contribution is 2.55. The van der Waals surface area contributed by atoms with Crippen LogP contribution in [0.1, 0.15) is 0 Å². The van der Waals surface area contributed by atoms with E-state index in [1.807, 2.05) is 0 Å². The number of hydrogen-bond donors (Lipinski definition) is 0. The summed E-state index contributed by atoms with van der Waals surface area (Å²) in [5.41, 5.74) is 13.3. The third-order valence-electron chi connectivity index (χ3n) is 12.4. The van der Waals surface area contributed by atoms with Crippen LogP contribution in [0.15, 0.2) is 243 Å².